The fourth-order valence-corrected chi connectivity index (χ4v) is 11.5. The number of thiol groups is 1. The molecule has 4 nitrogen and oxygen atoms in total. The van der Waals surface area contributed by atoms with Crippen LogP contribution >= 0.6 is 12.6 Å². The summed E-state index contributed by atoms with van der Waals surface area (Å²) in [6.45, 7) is 18.0. The largest absolute Gasteiger partial charge is 0.344 e. The molecule has 400 valence electrons. The van der Waals surface area contributed by atoms with Gasteiger partial charge in [-0.25, -0.2) is 9.98 Å². The average Bonchev–Trinajstić information content (AvgIpc) is 4.22. The minimum absolute atomic E-state index is 0.0502. The van der Waals surface area contributed by atoms with Crippen molar-refractivity contribution in [1.29, 1.82) is 0 Å². The van der Waals surface area contributed by atoms with E-state index in [9.17, 15) is 0 Å². The van der Waals surface area contributed by atoms with Crippen molar-refractivity contribution in [2.45, 2.75) is 97.6 Å². The number of aliphatic imine (C=N–C) groups is 2. The zero-order valence-electron chi connectivity index (χ0n) is 47.6. The minimum atomic E-state index is -0.203. The summed E-state index contributed by atoms with van der Waals surface area (Å²) < 4.78 is 0. The van der Waals surface area contributed by atoms with Crippen LogP contribution in [0.25, 0.3) is 22.3 Å². The van der Waals surface area contributed by atoms with Gasteiger partial charge in [-0.3, -0.25) is 0 Å². The van der Waals surface area contributed by atoms with Gasteiger partial charge >= 0.3 is 0 Å². The van der Waals surface area contributed by atoms with E-state index in [-0.39, 0.29) is 17.5 Å². The van der Waals surface area contributed by atoms with Crippen LogP contribution < -0.4 is 10.2 Å². The van der Waals surface area contributed by atoms with Crippen LogP contribution in [-0.2, 0) is 5.41 Å². The molecule has 0 saturated heterocycles. The average molecular weight is 1060 g/mol. The summed E-state index contributed by atoms with van der Waals surface area (Å²) in [5.41, 5.74) is 21.0. The molecule has 3 atom stereocenters. The molecule has 0 bridgehead atoms. The van der Waals surface area contributed by atoms with Gasteiger partial charge in [0.05, 0.1) is 0 Å². The van der Waals surface area contributed by atoms with E-state index in [4.69, 9.17) is 9.98 Å². The molecular weight excluding hydrogens is 977 g/mol. The molecule has 0 radical (unpaired) electrons. The molecule has 7 aromatic rings. The van der Waals surface area contributed by atoms with Gasteiger partial charge in [0, 0.05) is 39.9 Å². The number of nitrogens with zero attached hydrogens (tertiary/aromatic N) is 3. The van der Waals surface area contributed by atoms with E-state index in [0.717, 1.165) is 48.5 Å². The number of hydrogen-bond donors (Lipinski definition) is 2. The van der Waals surface area contributed by atoms with Crippen LogP contribution in [0.15, 0.2) is 281 Å². The van der Waals surface area contributed by atoms with E-state index in [0.29, 0.717) is 5.92 Å². The minimum Gasteiger partial charge on any atom is -0.344 e. The molecule has 0 amide bonds. The molecule has 5 heteroatoms. The zero-order valence-corrected chi connectivity index (χ0v) is 48.5. The maximum Gasteiger partial charge on any atom is 0.159 e. The third-order valence-electron chi connectivity index (χ3n) is 15.1. The van der Waals surface area contributed by atoms with Crippen molar-refractivity contribution < 1.29 is 0 Å². The number of allylic oxidation sites excluding steroid dienone is 12. The number of anilines is 2. The molecule has 3 unspecified atom stereocenters. The fourth-order valence-electron chi connectivity index (χ4n) is 11.5. The van der Waals surface area contributed by atoms with Gasteiger partial charge in [-0.2, -0.15) is 12.6 Å². The van der Waals surface area contributed by atoms with Crippen molar-refractivity contribution in [3.63, 3.8) is 0 Å². The summed E-state index contributed by atoms with van der Waals surface area (Å²) in [4.78, 5) is 12.7. The van der Waals surface area contributed by atoms with Gasteiger partial charge in [-0.1, -0.05) is 253 Å². The van der Waals surface area contributed by atoms with Gasteiger partial charge in [0.2, 0.25) is 0 Å². The highest BCUT2D eigenvalue weighted by Gasteiger charge is 2.42. The maximum absolute atomic E-state index is 5.12. The first-order valence-corrected chi connectivity index (χ1v) is 29.3. The first-order valence-electron chi connectivity index (χ1n) is 28.4. The Morgan fingerprint density at radius 3 is 1.76 bits per heavy atom. The molecule has 4 aliphatic carbocycles. The van der Waals surface area contributed by atoms with Crippen molar-refractivity contribution in [2.24, 2.45) is 9.98 Å². The van der Waals surface area contributed by atoms with Crippen LogP contribution in [0.5, 0.6) is 0 Å². The second-order valence-electron chi connectivity index (χ2n) is 20.0. The van der Waals surface area contributed by atoms with E-state index in [2.05, 4.69) is 231 Å². The molecule has 0 fully saturated rings. The van der Waals surface area contributed by atoms with Gasteiger partial charge in [-0.05, 0) is 130 Å². The smallest absolute Gasteiger partial charge is 0.159 e. The first kappa shape index (κ1) is 57.2. The van der Waals surface area contributed by atoms with Crippen LogP contribution in [0.1, 0.15) is 120 Å². The summed E-state index contributed by atoms with van der Waals surface area (Å²) >= 11 is 3.53. The Morgan fingerprint density at radius 2 is 1.11 bits per heavy atom. The number of nitrogens with one attached hydrogen (secondary N) is 1. The van der Waals surface area contributed by atoms with Crippen molar-refractivity contribution in [3.8, 4) is 22.3 Å². The van der Waals surface area contributed by atoms with Crippen molar-refractivity contribution in [3.05, 3.63) is 299 Å². The molecule has 13 rings (SSSR count). The standard InChI is InChI=1S/C60H50N4.C6H6.C3H6.2C2H6.CH4S/c1-60(2)53-24-13-12-23-49(53)50-36-46(29-32-54(50)60)47-31-34-56-52(38-47)51-37-45(30-33-55(51)64(56)48-22-14-21-44(35-48)39-15-6-3-7-16-39)40-25-27-43(28-26-40)59-62-57(41-17-8-4-9-18-41)61-58(63-59)42-19-10-5-11-20-42;1-2-4-6-5-3-1;1-3-2;3*1-2/h3-22,24-25,27,29-36,38,49,51,57H,23,26,28,37H2,1-2H3,(H,61,62,63);1-6H;3H,1H2,2H3;2*1-2H3;2H,1H3. The Balaban J connectivity index is 0.000000492. The van der Waals surface area contributed by atoms with E-state index in [1.165, 1.54) is 72.7 Å². The lowest BCUT2D eigenvalue weighted by Gasteiger charge is -2.29. The third kappa shape index (κ3) is 12.6. The number of hydrogen-bond acceptors (Lipinski definition) is 5. The molecule has 0 spiro atoms. The van der Waals surface area contributed by atoms with Gasteiger partial charge in [0.1, 0.15) is 12.0 Å². The lowest BCUT2D eigenvalue weighted by Crippen LogP contribution is -2.34. The Labute approximate surface area is 478 Å². The number of amidine groups is 2. The monoisotopic (exact) mass is 1050 g/mol. The Kier molecular flexibility index (Phi) is 19.9. The Bertz CT molecular complexity index is 3400. The molecule has 2 aliphatic heterocycles. The van der Waals surface area contributed by atoms with Gasteiger partial charge in [0.15, 0.2) is 5.84 Å². The van der Waals surface area contributed by atoms with Gasteiger partial charge < -0.3 is 10.2 Å². The third-order valence-corrected chi connectivity index (χ3v) is 15.1. The molecule has 1 N–H and O–H groups in total. The van der Waals surface area contributed by atoms with Gasteiger partial charge in [0.25, 0.3) is 0 Å². The highest BCUT2D eigenvalue weighted by Crippen LogP contribution is 2.56. The summed E-state index contributed by atoms with van der Waals surface area (Å²) in [7, 11) is 0. The lowest BCUT2D eigenvalue weighted by molar-refractivity contribution is 0.612. The molecule has 0 saturated carbocycles. The highest BCUT2D eigenvalue weighted by molar-refractivity contribution is 7.79. The van der Waals surface area contributed by atoms with Crippen molar-refractivity contribution in [1.82, 2.24) is 5.32 Å². The fraction of sp³-hybridized carbons (Fsp3) is 0.216. The highest BCUT2D eigenvalue weighted by atomic mass is 32.1. The maximum atomic E-state index is 5.12. The summed E-state index contributed by atoms with van der Waals surface area (Å²) in [5.74, 6) is 2.36. The zero-order chi connectivity index (χ0) is 55.7. The number of benzene rings is 7. The quantitative estimate of drug-likeness (QED) is 0.123. The second kappa shape index (κ2) is 27.5. The predicted octanol–water partition coefficient (Wildman–Crippen LogP) is 20.0. The van der Waals surface area contributed by atoms with Crippen LogP contribution in [0.2, 0.25) is 0 Å². The van der Waals surface area contributed by atoms with E-state index in [1.54, 1.807) is 17.9 Å². The molecule has 2 heterocycles. The topological polar surface area (TPSA) is 40.0 Å². The van der Waals surface area contributed by atoms with Crippen molar-refractivity contribution in [2.75, 3.05) is 11.2 Å². The Morgan fingerprint density at radius 1 is 0.570 bits per heavy atom. The SMILES string of the molecule is C=CC.CC.CC.CC1(C)C2=CC=CCC2c2cc(-c3ccc4c(c3)C3CC(C5=CC=C(C6=NC(c7ccccc7)=NC(c7ccccc7)N6)CC5)=CC=C3N4c3cccc(-c4ccccc4)c3)ccc21.CS.c1ccccc1. The van der Waals surface area contributed by atoms with Crippen LogP contribution in [0.4, 0.5) is 11.4 Å². The molecular formula is C74H78N4S. The number of rotatable bonds is 7. The van der Waals surface area contributed by atoms with Crippen LogP contribution in [0.3, 0.4) is 0 Å². The van der Waals surface area contributed by atoms with Gasteiger partial charge in [-0.15, -0.1) is 6.58 Å². The number of fused-ring (bicyclic) bond motifs is 6. The lowest BCUT2D eigenvalue weighted by atomic mass is 9.79. The second-order valence-corrected chi connectivity index (χ2v) is 20.0. The first-order chi connectivity index (χ1) is 38.9. The molecule has 7 aromatic carbocycles. The van der Waals surface area contributed by atoms with E-state index < -0.39 is 0 Å². The summed E-state index contributed by atoms with van der Waals surface area (Å²) in [6, 6.07) is 67.1. The predicted molar refractivity (Wildman–Crippen MR) is 345 cm³/mol. The van der Waals surface area contributed by atoms with Crippen LogP contribution in [0, 0.1) is 0 Å². The van der Waals surface area contributed by atoms with E-state index >= 15 is 0 Å². The van der Waals surface area contributed by atoms with Crippen molar-refractivity contribution >= 4 is 35.7 Å². The molecule has 0 aromatic heterocycles. The van der Waals surface area contributed by atoms with Crippen LogP contribution in [-0.4, -0.2) is 17.9 Å². The molecule has 6 aliphatic rings. The normalized spacial score (nSPS) is 18.3. The van der Waals surface area contributed by atoms with E-state index in [1.807, 2.05) is 77.1 Å². The molecule has 79 heavy (non-hydrogen) atoms. The Hall–Kier alpha value is -7.99. The summed E-state index contributed by atoms with van der Waals surface area (Å²) in [5, 5.41) is 3.69. The summed E-state index contributed by atoms with van der Waals surface area (Å²) in [6.07, 6.45) is 23.5.